The Morgan fingerprint density at radius 3 is 2.86 bits per heavy atom. The highest BCUT2D eigenvalue weighted by atomic mass is 35.5. The first-order chi connectivity index (χ1) is 10.2. The highest BCUT2D eigenvalue weighted by molar-refractivity contribution is 6.32. The van der Waals surface area contributed by atoms with Gasteiger partial charge in [0.25, 0.3) is 5.89 Å². The van der Waals surface area contributed by atoms with Crippen LogP contribution < -0.4 is 10.5 Å². The monoisotopic (exact) mass is 302 g/mol. The van der Waals surface area contributed by atoms with Crippen molar-refractivity contribution in [2.45, 2.75) is 0 Å². The predicted octanol–water partition coefficient (Wildman–Crippen LogP) is 3.04. The summed E-state index contributed by atoms with van der Waals surface area (Å²) in [5.74, 6) is 1.25. The molecule has 1 aromatic carbocycles. The summed E-state index contributed by atoms with van der Waals surface area (Å²) in [4.78, 5) is 8.43. The van der Waals surface area contributed by atoms with E-state index >= 15 is 0 Å². The van der Waals surface area contributed by atoms with Crippen LogP contribution in [0.2, 0.25) is 5.02 Å². The van der Waals surface area contributed by atoms with E-state index in [-0.39, 0.29) is 0 Å². The van der Waals surface area contributed by atoms with E-state index in [4.69, 9.17) is 26.6 Å². The lowest BCUT2D eigenvalue weighted by atomic mass is 10.2. The van der Waals surface area contributed by atoms with Gasteiger partial charge in [-0.3, -0.25) is 4.98 Å². The Bertz CT molecular complexity index is 788. The number of anilines is 1. The minimum Gasteiger partial charge on any atom is -0.495 e. The molecule has 3 aromatic rings. The fourth-order valence-corrected chi connectivity index (χ4v) is 2.06. The van der Waals surface area contributed by atoms with Crippen LogP contribution >= 0.6 is 11.6 Å². The van der Waals surface area contributed by atoms with Crippen molar-refractivity contribution in [3.05, 3.63) is 41.6 Å². The van der Waals surface area contributed by atoms with Crippen LogP contribution in [0, 0.1) is 0 Å². The van der Waals surface area contributed by atoms with Crippen molar-refractivity contribution in [1.29, 1.82) is 0 Å². The molecule has 21 heavy (non-hydrogen) atoms. The number of rotatable bonds is 3. The van der Waals surface area contributed by atoms with Crippen LogP contribution in [-0.4, -0.2) is 22.2 Å². The molecule has 7 heteroatoms. The van der Waals surface area contributed by atoms with Gasteiger partial charge in [0.1, 0.15) is 11.4 Å². The van der Waals surface area contributed by atoms with E-state index in [1.165, 1.54) is 0 Å². The largest absolute Gasteiger partial charge is 0.495 e. The zero-order chi connectivity index (χ0) is 14.8. The fraction of sp³-hybridized carbons (Fsp3) is 0.0714. The molecule has 0 amide bonds. The third kappa shape index (κ3) is 2.53. The molecule has 0 saturated heterocycles. The van der Waals surface area contributed by atoms with Crippen LogP contribution in [0.4, 0.5) is 5.69 Å². The summed E-state index contributed by atoms with van der Waals surface area (Å²) in [7, 11) is 1.55. The molecule has 0 fully saturated rings. The topological polar surface area (TPSA) is 87.1 Å². The Morgan fingerprint density at radius 1 is 1.29 bits per heavy atom. The molecule has 0 bridgehead atoms. The molecule has 0 radical (unpaired) electrons. The van der Waals surface area contributed by atoms with Crippen LogP contribution in [0.15, 0.2) is 41.1 Å². The second kappa shape index (κ2) is 5.41. The summed E-state index contributed by atoms with van der Waals surface area (Å²) in [6, 6.07) is 8.67. The lowest BCUT2D eigenvalue weighted by molar-refractivity contribution is 0.416. The van der Waals surface area contributed by atoms with Gasteiger partial charge in [0, 0.05) is 11.8 Å². The average molecular weight is 303 g/mol. The molecular weight excluding hydrogens is 292 g/mol. The number of nitrogens with two attached hydrogens (primary N) is 1. The number of halogens is 1. The molecule has 2 heterocycles. The first-order valence-corrected chi connectivity index (χ1v) is 6.45. The van der Waals surface area contributed by atoms with E-state index in [2.05, 4.69) is 15.1 Å². The molecular formula is C14H11ClN4O2. The first kappa shape index (κ1) is 13.4. The maximum atomic E-state index is 6.06. The van der Waals surface area contributed by atoms with Gasteiger partial charge >= 0.3 is 0 Å². The molecule has 0 aliphatic heterocycles. The second-order valence-electron chi connectivity index (χ2n) is 4.21. The van der Waals surface area contributed by atoms with Gasteiger partial charge in [0.2, 0.25) is 5.82 Å². The van der Waals surface area contributed by atoms with E-state index in [1.54, 1.807) is 43.6 Å². The van der Waals surface area contributed by atoms with Crippen molar-refractivity contribution in [3.8, 4) is 28.7 Å². The number of nitrogen functional groups attached to an aromatic ring is 1. The van der Waals surface area contributed by atoms with Gasteiger partial charge in [-0.1, -0.05) is 16.8 Å². The van der Waals surface area contributed by atoms with Crippen molar-refractivity contribution in [3.63, 3.8) is 0 Å². The smallest absolute Gasteiger partial charge is 0.258 e. The number of nitrogens with zero attached hydrogens (tertiary/aromatic N) is 3. The lowest BCUT2D eigenvalue weighted by Gasteiger charge is -2.04. The molecule has 0 saturated carbocycles. The summed E-state index contributed by atoms with van der Waals surface area (Å²) in [6.45, 7) is 0. The molecule has 2 aromatic heterocycles. The minimum atomic E-state index is 0.324. The lowest BCUT2D eigenvalue weighted by Crippen LogP contribution is -1.92. The molecule has 0 spiro atoms. The third-order valence-electron chi connectivity index (χ3n) is 2.87. The molecule has 106 valence electrons. The first-order valence-electron chi connectivity index (χ1n) is 6.07. The molecule has 3 rings (SSSR count). The van der Waals surface area contributed by atoms with Gasteiger partial charge < -0.3 is 15.0 Å². The zero-order valence-corrected chi connectivity index (χ0v) is 11.8. The molecule has 6 nitrogen and oxygen atoms in total. The summed E-state index contributed by atoms with van der Waals surface area (Å²) in [5, 5.41) is 4.35. The van der Waals surface area contributed by atoms with Gasteiger partial charge in [0.05, 0.1) is 17.8 Å². The quantitative estimate of drug-likeness (QED) is 0.748. The highest BCUT2D eigenvalue weighted by Crippen LogP contribution is 2.29. The number of hydrogen-bond acceptors (Lipinski definition) is 6. The van der Waals surface area contributed by atoms with Crippen molar-refractivity contribution >= 4 is 17.3 Å². The minimum absolute atomic E-state index is 0.324. The van der Waals surface area contributed by atoms with Crippen LogP contribution in [0.25, 0.3) is 23.0 Å². The van der Waals surface area contributed by atoms with E-state index in [1.807, 2.05) is 0 Å². The van der Waals surface area contributed by atoms with E-state index < -0.39 is 0 Å². The van der Waals surface area contributed by atoms with Crippen LogP contribution in [0.3, 0.4) is 0 Å². The van der Waals surface area contributed by atoms with Gasteiger partial charge in [-0.05, 0) is 30.3 Å². The molecule has 0 aliphatic rings. The van der Waals surface area contributed by atoms with Crippen molar-refractivity contribution in [2.24, 2.45) is 0 Å². The van der Waals surface area contributed by atoms with E-state index in [9.17, 15) is 0 Å². The van der Waals surface area contributed by atoms with Gasteiger partial charge in [-0.2, -0.15) is 4.98 Å². The molecule has 0 atom stereocenters. The number of benzene rings is 1. The number of pyridine rings is 1. The van der Waals surface area contributed by atoms with E-state index in [0.29, 0.717) is 39.4 Å². The Labute approximate surface area is 125 Å². The zero-order valence-electron chi connectivity index (χ0n) is 11.1. The van der Waals surface area contributed by atoms with Gasteiger partial charge in [-0.25, -0.2) is 0 Å². The van der Waals surface area contributed by atoms with Crippen LogP contribution in [0.1, 0.15) is 0 Å². The Morgan fingerprint density at radius 2 is 2.14 bits per heavy atom. The molecule has 0 unspecified atom stereocenters. The Hall–Kier alpha value is -2.60. The summed E-state index contributed by atoms with van der Waals surface area (Å²) >= 11 is 6.06. The van der Waals surface area contributed by atoms with Crippen LogP contribution in [-0.2, 0) is 0 Å². The number of aromatic nitrogens is 3. The number of ether oxygens (including phenoxy) is 1. The normalized spacial score (nSPS) is 10.6. The highest BCUT2D eigenvalue weighted by Gasteiger charge is 2.15. The molecule has 0 aliphatic carbocycles. The number of methoxy groups -OCH3 is 1. The average Bonchev–Trinajstić information content (AvgIpc) is 2.97. The summed E-state index contributed by atoms with van der Waals surface area (Å²) in [5.41, 5.74) is 7.52. The van der Waals surface area contributed by atoms with Crippen LogP contribution in [0.5, 0.6) is 5.75 Å². The van der Waals surface area contributed by atoms with E-state index in [0.717, 1.165) is 0 Å². The second-order valence-corrected chi connectivity index (χ2v) is 4.62. The molecule has 2 N–H and O–H groups in total. The Balaban J connectivity index is 1.99. The summed E-state index contributed by atoms with van der Waals surface area (Å²) in [6.07, 6.45) is 1.61. The van der Waals surface area contributed by atoms with Crippen molar-refractivity contribution in [1.82, 2.24) is 15.1 Å². The predicted molar refractivity (Wildman–Crippen MR) is 78.9 cm³/mol. The summed E-state index contributed by atoms with van der Waals surface area (Å²) < 4.78 is 10.3. The standard InChI is InChI=1S/C14H11ClN4O2/c1-20-11-5-4-8(7-10(11)16)14-18-13(19-21-14)12-9(15)3-2-6-17-12/h2-7H,16H2,1H3. The van der Waals surface area contributed by atoms with Crippen molar-refractivity contribution in [2.75, 3.05) is 12.8 Å². The third-order valence-corrected chi connectivity index (χ3v) is 3.18. The number of hydrogen-bond donors (Lipinski definition) is 1. The fourth-order valence-electron chi connectivity index (χ4n) is 1.85. The maximum Gasteiger partial charge on any atom is 0.258 e. The van der Waals surface area contributed by atoms with Gasteiger partial charge in [0.15, 0.2) is 0 Å². The van der Waals surface area contributed by atoms with Gasteiger partial charge in [-0.15, -0.1) is 0 Å². The maximum absolute atomic E-state index is 6.06. The van der Waals surface area contributed by atoms with Crippen molar-refractivity contribution < 1.29 is 9.26 Å². The SMILES string of the molecule is COc1ccc(-c2nc(-c3ncccc3Cl)no2)cc1N. The Kier molecular flexibility index (Phi) is 3.45.